The van der Waals surface area contributed by atoms with Crippen LogP contribution in [0.25, 0.3) is 0 Å². The van der Waals surface area contributed by atoms with Crippen molar-refractivity contribution >= 4 is 5.97 Å². The fourth-order valence-corrected chi connectivity index (χ4v) is 2.67. The Hall–Kier alpha value is -0.650. The van der Waals surface area contributed by atoms with Gasteiger partial charge >= 0.3 is 5.97 Å². The Kier molecular flexibility index (Phi) is 5.13. The van der Waals surface area contributed by atoms with Crippen LogP contribution in [-0.4, -0.2) is 47.6 Å². The molecule has 1 aliphatic carbocycles. The van der Waals surface area contributed by atoms with E-state index >= 15 is 0 Å². The first-order chi connectivity index (χ1) is 8.35. The SMILES string of the molecule is COC(=O)C(C)(O)CNC1(CO)CCCC(C)C1. The van der Waals surface area contributed by atoms with E-state index in [-0.39, 0.29) is 18.7 Å². The van der Waals surface area contributed by atoms with Crippen LogP contribution < -0.4 is 5.32 Å². The Balaban J connectivity index is 2.61. The summed E-state index contributed by atoms with van der Waals surface area (Å²) in [5.41, 5.74) is -1.94. The number of carbonyl (C=O) groups excluding carboxylic acids is 1. The van der Waals surface area contributed by atoms with Crippen molar-refractivity contribution in [1.82, 2.24) is 5.32 Å². The smallest absolute Gasteiger partial charge is 0.338 e. The Labute approximate surface area is 109 Å². The molecule has 1 rings (SSSR count). The standard InChI is InChI=1S/C13H25NO4/c1-10-5-4-6-13(7-10,9-15)14-8-12(2,17)11(16)18-3/h10,14-15,17H,4-9H2,1-3H3. The highest BCUT2D eigenvalue weighted by Gasteiger charge is 2.38. The van der Waals surface area contributed by atoms with Gasteiger partial charge in [0, 0.05) is 12.1 Å². The van der Waals surface area contributed by atoms with Crippen LogP contribution in [0.1, 0.15) is 39.5 Å². The average molecular weight is 259 g/mol. The summed E-state index contributed by atoms with van der Waals surface area (Å²) in [6.45, 7) is 3.69. The molecule has 0 bridgehead atoms. The van der Waals surface area contributed by atoms with E-state index in [0.29, 0.717) is 5.92 Å². The van der Waals surface area contributed by atoms with Gasteiger partial charge in [0.1, 0.15) is 0 Å². The monoisotopic (exact) mass is 259 g/mol. The van der Waals surface area contributed by atoms with Gasteiger partial charge in [0.15, 0.2) is 5.60 Å². The highest BCUT2D eigenvalue weighted by Crippen LogP contribution is 2.32. The molecule has 0 radical (unpaired) electrons. The lowest BCUT2D eigenvalue weighted by Gasteiger charge is -2.41. The molecule has 0 saturated heterocycles. The van der Waals surface area contributed by atoms with Gasteiger partial charge in [0.2, 0.25) is 0 Å². The fourth-order valence-electron chi connectivity index (χ4n) is 2.67. The molecule has 3 atom stereocenters. The van der Waals surface area contributed by atoms with Gasteiger partial charge in [-0.2, -0.15) is 0 Å². The zero-order chi connectivity index (χ0) is 13.8. The normalized spacial score (nSPS) is 31.7. The van der Waals surface area contributed by atoms with Crippen molar-refractivity contribution in [3.05, 3.63) is 0 Å². The van der Waals surface area contributed by atoms with Gasteiger partial charge in [-0.1, -0.05) is 19.8 Å². The molecule has 18 heavy (non-hydrogen) atoms. The third kappa shape index (κ3) is 3.67. The maximum Gasteiger partial charge on any atom is 0.338 e. The number of ether oxygens (including phenoxy) is 1. The van der Waals surface area contributed by atoms with Gasteiger partial charge in [-0.3, -0.25) is 0 Å². The summed E-state index contributed by atoms with van der Waals surface area (Å²) < 4.78 is 4.55. The molecule has 0 aromatic heterocycles. The zero-order valence-corrected chi connectivity index (χ0v) is 11.5. The van der Waals surface area contributed by atoms with Crippen LogP contribution in [-0.2, 0) is 9.53 Å². The van der Waals surface area contributed by atoms with Crippen LogP contribution in [0.4, 0.5) is 0 Å². The molecule has 0 heterocycles. The quantitative estimate of drug-likeness (QED) is 0.624. The van der Waals surface area contributed by atoms with E-state index in [1.54, 1.807) is 0 Å². The summed E-state index contributed by atoms with van der Waals surface area (Å²) in [4.78, 5) is 11.4. The highest BCUT2D eigenvalue weighted by atomic mass is 16.5. The molecule has 1 saturated carbocycles. The van der Waals surface area contributed by atoms with Crippen LogP contribution in [0.3, 0.4) is 0 Å². The number of aliphatic hydroxyl groups excluding tert-OH is 1. The molecule has 5 heteroatoms. The molecular weight excluding hydrogens is 234 g/mol. The van der Waals surface area contributed by atoms with Gasteiger partial charge in [0.25, 0.3) is 0 Å². The molecule has 3 N–H and O–H groups in total. The number of carbonyl (C=O) groups is 1. The first kappa shape index (κ1) is 15.4. The van der Waals surface area contributed by atoms with Crippen LogP contribution in [0.15, 0.2) is 0 Å². The van der Waals surface area contributed by atoms with Crippen molar-refractivity contribution in [1.29, 1.82) is 0 Å². The van der Waals surface area contributed by atoms with Crippen LogP contribution in [0.2, 0.25) is 0 Å². The average Bonchev–Trinajstić information content (AvgIpc) is 2.35. The van der Waals surface area contributed by atoms with Crippen molar-refractivity contribution in [2.24, 2.45) is 5.92 Å². The molecular formula is C13H25NO4. The molecule has 5 nitrogen and oxygen atoms in total. The van der Waals surface area contributed by atoms with Crippen molar-refractivity contribution in [2.75, 3.05) is 20.3 Å². The number of hydrogen-bond acceptors (Lipinski definition) is 5. The summed E-state index contributed by atoms with van der Waals surface area (Å²) in [6, 6.07) is 0. The lowest BCUT2D eigenvalue weighted by atomic mass is 9.76. The predicted octanol–water partition coefficient (Wildman–Crippen LogP) is 0.441. The van der Waals surface area contributed by atoms with E-state index in [2.05, 4.69) is 17.0 Å². The van der Waals surface area contributed by atoms with E-state index in [1.165, 1.54) is 14.0 Å². The molecule has 0 amide bonds. The Morgan fingerprint density at radius 2 is 2.28 bits per heavy atom. The number of aliphatic hydroxyl groups is 2. The molecule has 106 valence electrons. The van der Waals surface area contributed by atoms with Gasteiger partial charge in [0.05, 0.1) is 13.7 Å². The molecule has 0 aromatic rings. The first-order valence-electron chi connectivity index (χ1n) is 6.52. The molecule has 0 aromatic carbocycles. The van der Waals surface area contributed by atoms with Gasteiger partial charge in [-0.05, 0) is 25.7 Å². The number of methoxy groups -OCH3 is 1. The van der Waals surface area contributed by atoms with Gasteiger partial charge in [-0.25, -0.2) is 4.79 Å². The van der Waals surface area contributed by atoms with Crippen molar-refractivity contribution in [3.8, 4) is 0 Å². The van der Waals surface area contributed by atoms with E-state index in [9.17, 15) is 15.0 Å². The van der Waals surface area contributed by atoms with Crippen LogP contribution in [0, 0.1) is 5.92 Å². The molecule has 1 aliphatic rings. The molecule has 3 unspecified atom stereocenters. The minimum Gasteiger partial charge on any atom is -0.467 e. The van der Waals surface area contributed by atoms with Crippen molar-refractivity contribution in [2.45, 2.75) is 50.7 Å². The minimum atomic E-state index is -1.56. The zero-order valence-electron chi connectivity index (χ0n) is 11.5. The largest absolute Gasteiger partial charge is 0.467 e. The minimum absolute atomic E-state index is 0.0224. The molecule has 1 fully saturated rings. The second-order valence-electron chi connectivity index (χ2n) is 5.76. The summed E-state index contributed by atoms with van der Waals surface area (Å²) in [6.07, 6.45) is 3.94. The van der Waals surface area contributed by atoms with E-state index in [1.807, 2.05) is 0 Å². The van der Waals surface area contributed by atoms with E-state index in [4.69, 9.17) is 0 Å². The topological polar surface area (TPSA) is 78.8 Å². The summed E-state index contributed by atoms with van der Waals surface area (Å²) >= 11 is 0. The van der Waals surface area contributed by atoms with E-state index < -0.39 is 11.6 Å². The van der Waals surface area contributed by atoms with E-state index in [0.717, 1.165) is 25.7 Å². The lowest BCUT2D eigenvalue weighted by Crippen LogP contribution is -2.57. The second-order valence-corrected chi connectivity index (χ2v) is 5.76. The second kappa shape index (κ2) is 5.99. The van der Waals surface area contributed by atoms with Gasteiger partial charge < -0.3 is 20.3 Å². The van der Waals surface area contributed by atoms with Crippen molar-refractivity contribution in [3.63, 3.8) is 0 Å². The Bertz CT molecular complexity index is 293. The Morgan fingerprint density at radius 3 is 2.78 bits per heavy atom. The summed E-state index contributed by atoms with van der Waals surface area (Å²) in [7, 11) is 1.25. The lowest BCUT2D eigenvalue weighted by molar-refractivity contribution is -0.160. The molecule has 0 spiro atoms. The van der Waals surface area contributed by atoms with Crippen LogP contribution in [0.5, 0.6) is 0 Å². The summed E-state index contributed by atoms with van der Waals surface area (Å²) in [5.74, 6) is -0.117. The number of esters is 1. The van der Waals surface area contributed by atoms with Crippen LogP contribution >= 0.6 is 0 Å². The number of β-amino-alcohol motifs (C(OH)–C–C–N with tert-alkyl or cyclic N) is 1. The first-order valence-corrected chi connectivity index (χ1v) is 6.52. The third-order valence-corrected chi connectivity index (χ3v) is 3.83. The summed E-state index contributed by atoms with van der Waals surface area (Å²) in [5, 5.41) is 22.7. The van der Waals surface area contributed by atoms with Crippen molar-refractivity contribution < 1.29 is 19.7 Å². The fraction of sp³-hybridized carbons (Fsp3) is 0.923. The third-order valence-electron chi connectivity index (χ3n) is 3.83. The molecule has 0 aliphatic heterocycles. The maximum atomic E-state index is 11.4. The number of nitrogens with one attached hydrogen (secondary N) is 1. The highest BCUT2D eigenvalue weighted by molar-refractivity contribution is 5.78. The Morgan fingerprint density at radius 1 is 1.61 bits per heavy atom. The number of hydrogen-bond donors (Lipinski definition) is 3. The number of rotatable bonds is 5. The maximum absolute atomic E-state index is 11.4. The van der Waals surface area contributed by atoms with Gasteiger partial charge in [-0.15, -0.1) is 0 Å². The predicted molar refractivity (Wildman–Crippen MR) is 68.1 cm³/mol.